The van der Waals surface area contributed by atoms with E-state index in [9.17, 15) is 10.1 Å². The third kappa shape index (κ3) is 3.16. The topological polar surface area (TPSA) is 75.4 Å². The lowest BCUT2D eigenvalue weighted by Crippen LogP contribution is -2.43. The summed E-state index contributed by atoms with van der Waals surface area (Å²) in [5.74, 6) is 0.296. The van der Waals surface area contributed by atoms with Crippen LogP contribution in [0.1, 0.15) is 19.8 Å². The first-order valence-electron chi connectivity index (χ1n) is 6.65. The van der Waals surface area contributed by atoms with E-state index in [0.29, 0.717) is 5.82 Å². The van der Waals surface area contributed by atoms with E-state index in [-0.39, 0.29) is 17.0 Å². The molecule has 2 heterocycles. The van der Waals surface area contributed by atoms with Crippen LogP contribution >= 0.6 is 11.6 Å². The van der Waals surface area contributed by atoms with Crippen LogP contribution in [0, 0.1) is 10.1 Å². The van der Waals surface area contributed by atoms with Gasteiger partial charge in [0.2, 0.25) is 11.1 Å². The van der Waals surface area contributed by atoms with Crippen LogP contribution in [-0.2, 0) is 0 Å². The normalized spacial score (nSPS) is 17.1. The number of hydrogen-bond acceptors (Lipinski definition) is 6. The SMILES string of the molecule is CCN1CCC(N(C)c2nc(Cl)ncc2[N+](=O)[O-])CC1. The third-order valence-electron chi connectivity index (χ3n) is 3.80. The average Bonchev–Trinajstić information content (AvgIpc) is 2.46. The van der Waals surface area contributed by atoms with Gasteiger partial charge in [-0.1, -0.05) is 6.92 Å². The van der Waals surface area contributed by atoms with Crippen molar-refractivity contribution in [2.45, 2.75) is 25.8 Å². The fourth-order valence-corrected chi connectivity index (χ4v) is 2.66. The molecule has 1 aliphatic rings. The molecule has 7 nitrogen and oxygen atoms in total. The van der Waals surface area contributed by atoms with E-state index in [2.05, 4.69) is 21.8 Å². The highest BCUT2D eigenvalue weighted by Gasteiger charge is 2.28. The van der Waals surface area contributed by atoms with Gasteiger partial charge in [-0.15, -0.1) is 0 Å². The molecule has 110 valence electrons. The third-order valence-corrected chi connectivity index (χ3v) is 3.99. The lowest BCUT2D eigenvalue weighted by Gasteiger charge is -2.36. The molecule has 2 rings (SSSR count). The highest BCUT2D eigenvalue weighted by molar-refractivity contribution is 6.28. The first kappa shape index (κ1) is 14.9. The molecular weight excluding hydrogens is 282 g/mol. The first-order valence-corrected chi connectivity index (χ1v) is 7.02. The van der Waals surface area contributed by atoms with Crippen LogP contribution in [0.2, 0.25) is 5.28 Å². The van der Waals surface area contributed by atoms with Crippen molar-refractivity contribution < 1.29 is 4.92 Å². The van der Waals surface area contributed by atoms with Gasteiger partial charge in [0.05, 0.1) is 4.92 Å². The number of halogens is 1. The molecule has 1 aromatic heterocycles. The second kappa shape index (κ2) is 6.32. The summed E-state index contributed by atoms with van der Waals surface area (Å²) in [6.07, 6.45) is 3.09. The Morgan fingerprint density at radius 1 is 1.55 bits per heavy atom. The van der Waals surface area contributed by atoms with Crippen LogP contribution in [0.25, 0.3) is 0 Å². The Hall–Kier alpha value is -1.47. The van der Waals surface area contributed by atoms with Crippen LogP contribution in [0.4, 0.5) is 11.5 Å². The molecule has 0 radical (unpaired) electrons. The largest absolute Gasteiger partial charge is 0.351 e. The first-order chi connectivity index (χ1) is 9.52. The molecule has 0 bridgehead atoms. The number of rotatable bonds is 4. The van der Waals surface area contributed by atoms with Crippen LogP contribution in [0.5, 0.6) is 0 Å². The van der Waals surface area contributed by atoms with Gasteiger partial charge in [-0.05, 0) is 31.0 Å². The number of likely N-dealkylation sites (tertiary alicyclic amines) is 1. The van der Waals surface area contributed by atoms with E-state index in [1.54, 1.807) is 0 Å². The minimum absolute atomic E-state index is 0.0310. The molecule has 0 saturated carbocycles. The van der Waals surface area contributed by atoms with Gasteiger partial charge in [-0.3, -0.25) is 10.1 Å². The standard InChI is InChI=1S/C12H18ClN5O2/c1-3-17-6-4-9(5-7-17)16(2)11-10(18(19)20)8-14-12(13)15-11/h8-9H,3-7H2,1-2H3. The van der Waals surface area contributed by atoms with Crippen molar-refractivity contribution in [2.24, 2.45) is 0 Å². The number of nitrogens with zero attached hydrogens (tertiary/aromatic N) is 5. The zero-order valence-corrected chi connectivity index (χ0v) is 12.4. The highest BCUT2D eigenvalue weighted by atomic mass is 35.5. The van der Waals surface area contributed by atoms with E-state index in [0.717, 1.165) is 32.5 Å². The molecule has 0 spiro atoms. The van der Waals surface area contributed by atoms with E-state index >= 15 is 0 Å². The monoisotopic (exact) mass is 299 g/mol. The second-order valence-corrected chi connectivity index (χ2v) is 5.22. The maximum Gasteiger partial charge on any atom is 0.329 e. The van der Waals surface area contributed by atoms with Gasteiger partial charge in [-0.25, -0.2) is 4.98 Å². The Morgan fingerprint density at radius 2 is 2.20 bits per heavy atom. The molecule has 0 aromatic carbocycles. The molecule has 1 aromatic rings. The number of aromatic nitrogens is 2. The quantitative estimate of drug-likeness (QED) is 0.480. The van der Waals surface area contributed by atoms with Crippen LogP contribution < -0.4 is 4.90 Å². The Labute approximate surface area is 122 Å². The summed E-state index contributed by atoms with van der Waals surface area (Å²) in [4.78, 5) is 22.5. The zero-order valence-electron chi connectivity index (χ0n) is 11.6. The molecule has 1 fully saturated rings. The molecule has 0 atom stereocenters. The van der Waals surface area contributed by atoms with E-state index in [4.69, 9.17) is 11.6 Å². The van der Waals surface area contributed by atoms with Crippen molar-refractivity contribution in [3.05, 3.63) is 21.6 Å². The Kier molecular flexibility index (Phi) is 4.72. The number of anilines is 1. The Bertz CT molecular complexity index is 491. The van der Waals surface area contributed by atoms with Crippen LogP contribution in [-0.4, -0.2) is 52.5 Å². The van der Waals surface area contributed by atoms with Gasteiger partial charge in [0, 0.05) is 26.2 Å². The summed E-state index contributed by atoms with van der Waals surface area (Å²) in [6, 6.07) is 0.238. The Morgan fingerprint density at radius 3 is 2.75 bits per heavy atom. The van der Waals surface area contributed by atoms with Crippen molar-refractivity contribution >= 4 is 23.1 Å². The number of hydrogen-bond donors (Lipinski definition) is 0. The van der Waals surface area contributed by atoms with Gasteiger partial charge in [0.15, 0.2) is 0 Å². The molecule has 20 heavy (non-hydrogen) atoms. The lowest BCUT2D eigenvalue weighted by atomic mass is 10.0. The molecule has 0 amide bonds. The number of nitro groups is 1. The van der Waals surface area contributed by atoms with Gasteiger partial charge in [-0.2, -0.15) is 4.98 Å². The van der Waals surface area contributed by atoms with E-state index in [1.807, 2.05) is 11.9 Å². The lowest BCUT2D eigenvalue weighted by molar-refractivity contribution is -0.384. The maximum absolute atomic E-state index is 11.1. The smallest absolute Gasteiger partial charge is 0.329 e. The minimum atomic E-state index is -0.469. The highest BCUT2D eigenvalue weighted by Crippen LogP contribution is 2.29. The summed E-state index contributed by atoms with van der Waals surface area (Å²) in [5.41, 5.74) is -0.102. The zero-order chi connectivity index (χ0) is 14.7. The molecule has 1 saturated heterocycles. The minimum Gasteiger partial charge on any atom is -0.351 e. The van der Waals surface area contributed by atoms with Gasteiger partial charge < -0.3 is 9.80 Å². The number of piperidine rings is 1. The summed E-state index contributed by atoms with van der Waals surface area (Å²) in [6.45, 7) is 5.17. The van der Waals surface area contributed by atoms with Gasteiger partial charge in [0.1, 0.15) is 6.20 Å². The average molecular weight is 300 g/mol. The predicted molar refractivity (Wildman–Crippen MR) is 77.2 cm³/mol. The van der Waals surface area contributed by atoms with Gasteiger partial charge >= 0.3 is 5.69 Å². The summed E-state index contributed by atoms with van der Waals surface area (Å²) in [7, 11) is 1.83. The van der Waals surface area contributed by atoms with E-state index in [1.165, 1.54) is 6.20 Å². The summed E-state index contributed by atoms with van der Waals surface area (Å²) in [5, 5.41) is 11.1. The molecule has 8 heteroatoms. The predicted octanol–water partition coefficient (Wildman–Crippen LogP) is 1.96. The van der Waals surface area contributed by atoms with Crippen molar-refractivity contribution in [1.29, 1.82) is 0 Å². The van der Waals surface area contributed by atoms with Gasteiger partial charge in [0.25, 0.3) is 0 Å². The fraction of sp³-hybridized carbons (Fsp3) is 0.667. The molecule has 0 N–H and O–H groups in total. The molecule has 1 aliphatic heterocycles. The van der Waals surface area contributed by atoms with Crippen LogP contribution in [0.15, 0.2) is 6.20 Å². The summed E-state index contributed by atoms with van der Waals surface area (Å²) < 4.78 is 0. The molecular formula is C12H18ClN5O2. The Balaban J connectivity index is 2.18. The second-order valence-electron chi connectivity index (χ2n) is 4.88. The maximum atomic E-state index is 11.1. The summed E-state index contributed by atoms with van der Waals surface area (Å²) >= 11 is 5.77. The molecule has 0 unspecified atom stereocenters. The van der Waals surface area contributed by atoms with E-state index < -0.39 is 4.92 Å². The van der Waals surface area contributed by atoms with Crippen LogP contribution in [0.3, 0.4) is 0 Å². The van der Waals surface area contributed by atoms with Crippen molar-refractivity contribution in [2.75, 3.05) is 31.6 Å². The van der Waals surface area contributed by atoms with Crippen molar-refractivity contribution in [3.8, 4) is 0 Å². The molecule has 0 aliphatic carbocycles. The fourth-order valence-electron chi connectivity index (χ4n) is 2.53. The van der Waals surface area contributed by atoms with Crippen molar-refractivity contribution in [3.63, 3.8) is 0 Å². The van der Waals surface area contributed by atoms with Crippen molar-refractivity contribution in [1.82, 2.24) is 14.9 Å².